The number of benzene rings is 3. The molecule has 0 bridgehead atoms. The van der Waals surface area contributed by atoms with E-state index in [1.807, 2.05) is 24.3 Å². The Kier molecular flexibility index (Phi) is 7.00. The van der Waals surface area contributed by atoms with Crippen molar-refractivity contribution in [3.63, 3.8) is 0 Å². The molecule has 0 radical (unpaired) electrons. The minimum Gasteiger partial charge on any atom is -0.192 e. The van der Waals surface area contributed by atoms with Crippen molar-refractivity contribution in [3.05, 3.63) is 107 Å². The maximum atomic E-state index is 8.90. The molecule has 1 atom stereocenters. The average molecular weight is 406 g/mol. The molecule has 3 aromatic carbocycles. The van der Waals surface area contributed by atoms with E-state index >= 15 is 0 Å². The van der Waals surface area contributed by atoms with Crippen LogP contribution in [0.2, 0.25) is 0 Å². The molecule has 0 aliphatic heterocycles. The minimum absolute atomic E-state index is 0.657. The maximum Gasteiger partial charge on any atom is 0.0991 e. The van der Waals surface area contributed by atoms with Crippen molar-refractivity contribution >= 4 is 12.2 Å². The van der Waals surface area contributed by atoms with E-state index in [4.69, 9.17) is 5.26 Å². The summed E-state index contributed by atoms with van der Waals surface area (Å²) in [7, 11) is 0. The molecule has 4 rings (SSSR count). The van der Waals surface area contributed by atoms with Gasteiger partial charge in [0, 0.05) is 0 Å². The van der Waals surface area contributed by atoms with Gasteiger partial charge in [-0.05, 0) is 84.2 Å². The van der Waals surface area contributed by atoms with Gasteiger partial charge in [0.05, 0.1) is 11.6 Å². The van der Waals surface area contributed by atoms with Crippen molar-refractivity contribution in [2.24, 2.45) is 5.92 Å². The van der Waals surface area contributed by atoms with Crippen LogP contribution in [0, 0.1) is 17.2 Å². The third-order valence-corrected chi connectivity index (χ3v) is 6.82. The van der Waals surface area contributed by atoms with E-state index in [9.17, 15) is 0 Å². The van der Waals surface area contributed by atoms with Crippen molar-refractivity contribution in [3.8, 4) is 6.07 Å². The molecule has 0 aromatic heterocycles. The number of nitriles is 1. The lowest BCUT2D eigenvalue weighted by molar-refractivity contribution is 0.297. The lowest BCUT2D eigenvalue weighted by Gasteiger charge is -2.30. The van der Waals surface area contributed by atoms with E-state index < -0.39 is 0 Å². The molecular weight excluding hydrogens is 374 g/mol. The Hall–Kier alpha value is -3.11. The maximum absolute atomic E-state index is 8.90. The second-order valence-corrected chi connectivity index (χ2v) is 9.00. The molecular formula is C30H31N. The summed E-state index contributed by atoms with van der Waals surface area (Å²) in [6.07, 6.45) is 10.9. The standard InChI is InChI=1S/C30H31N/c1-23(28-5-3-2-4-6-28)21-26-15-19-30(20-16-26)29-17-13-25(14-18-29)8-7-24-9-11-27(22-31)12-10-24/h2-14,17-18,23,26,30H,15-16,19-21H2,1H3/b8-7+. The first-order valence-electron chi connectivity index (χ1n) is 11.5. The molecule has 1 saturated carbocycles. The normalized spacial score (nSPS) is 19.7. The van der Waals surface area contributed by atoms with E-state index in [2.05, 4.69) is 79.7 Å². The summed E-state index contributed by atoms with van der Waals surface area (Å²) in [5.41, 5.74) is 6.01. The Bertz CT molecular complexity index is 1010. The van der Waals surface area contributed by atoms with E-state index in [-0.39, 0.29) is 0 Å². The molecule has 0 spiro atoms. The highest BCUT2D eigenvalue weighted by molar-refractivity contribution is 5.69. The summed E-state index contributed by atoms with van der Waals surface area (Å²) in [6, 6.07) is 29.9. The van der Waals surface area contributed by atoms with Gasteiger partial charge in [0.1, 0.15) is 0 Å². The average Bonchev–Trinajstić information content (AvgIpc) is 2.84. The van der Waals surface area contributed by atoms with E-state index in [1.54, 1.807) is 0 Å². The van der Waals surface area contributed by atoms with Gasteiger partial charge in [0.2, 0.25) is 0 Å². The van der Waals surface area contributed by atoms with Crippen molar-refractivity contribution in [1.82, 2.24) is 0 Å². The molecule has 0 N–H and O–H groups in total. The van der Waals surface area contributed by atoms with Crippen LogP contribution in [0.25, 0.3) is 12.2 Å². The SMILES string of the molecule is CC(CC1CCC(c2ccc(/C=C/c3ccc(C#N)cc3)cc2)CC1)c1ccccc1. The lowest BCUT2D eigenvalue weighted by Crippen LogP contribution is -2.15. The van der Waals surface area contributed by atoms with Crippen LogP contribution in [0.5, 0.6) is 0 Å². The molecule has 156 valence electrons. The highest BCUT2D eigenvalue weighted by Gasteiger charge is 2.24. The van der Waals surface area contributed by atoms with Gasteiger partial charge >= 0.3 is 0 Å². The summed E-state index contributed by atoms with van der Waals surface area (Å²) < 4.78 is 0. The second kappa shape index (κ2) is 10.3. The zero-order chi connectivity index (χ0) is 21.5. The van der Waals surface area contributed by atoms with Crippen molar-refractivity contribution in [2.45, 2.75) is 50.9 Å². The van der Waals surface area contributed by atoms with Crippen LogP contribution in [-0.4, -0.2) is 0 Å². The monoisotopic (exact) mass is 405 g/mol. The molecule has 1 nitrogen and oxygen atoms in total. The second-order valence-electron chi connectivity index (χ2n) is 9.00. The molecule has 1 unspecified atom stereocenters. The van der Waals surface area contributed by atoms with Crippen LogP contribution in [0.1, 0.15) is 78.7 Å². The number of nitrogens with zero attached hydrogens (tertiary/aromatic N) is 1. The molecule has 1 heteroatoms. The number of rotatable bonds is 6. The van der Waals surface area contributed by atoms with Gasteiger partial charge in [0.25, 0.3) is 0 Å². The molecule has 1 aliphatic carbocycles. The van der Waals surface area contributed by atoms with Gasteiger partial charge in [-0.15, -0.1) is 0 Å². The highest BCUT2D eigenvalue weighted by Crippen LogP contribution is 2.39. The summed E-state index contributed by atoms with van der Waals surface area (Å²) in [5.74, 6) is 2.23. The fraction of sp³-hybridized carbons (Fsp3) is 0.300. The largest absolute Gasteiger partial charge is 0.192 e. The van der Waals surface area contributed by atoms with Crippen molar-refractivity contribution < 1.29 is 0 Å². The Morgan fingerprint density at radius 3 is 1.97 bits per heavy atom. The zero-order valence-electron chi connectivity index (χ0n) is 18.4. The van der Waals surface area contributed by atoms with Crippen LogP contribution < -0.4 is 0 Å². The van der Waals surface area contributed by atoms with E-state index in [0.717, 1.165) is 11.5 Å². The van der Waals surface area contributed by atoms with E-state index in [1.165, 1.54) is 48.8 Å². The predicted molar refractivity (Wildman–Crippen MR) is 131 cm³/mol. The molecule has 3 aromatic rings. The van der Waals surface area contributed by atoms with Gasteiger partial charge in [-0.3, -0.25) is 0 Å². The smallest absolute Gasteiger partial charge is 0.0991 e. The van der Waals surface area contributed by atoms with Crippen molar-refractivity contribution in [2.75, 3.05) is 0 Å². The molecule has 31 heavy (non-hydrogen) atoms. The molecule has 0 amide bonds. The molecule has 1 fully saturated rings. The highest BCUT2D eigenvalue weighted by atomic mass is 14.3. The predicted octanol–water partition coefficient (Wildman–Crippen LogP) is 8.20. The Labute approximate surface area is 187 Å². The minimum atomic E-state index is 0.657. The number of hydrogen-bond donors (Lipinski definition) is 0. The van der Waals surface area contributed by atoms with Gasteiger partial charge < -0.3 is 0 Å². The van der Waals surface area contributed by atoms with Crippen LogP contribution in [0.3, 0.4) is 0 Å². The third-order valence-electron chi connectivity index (χ3n) is 6.82. The Morgan fingerprint density at radius 2 is 1.39 bits per heavy atom. The van der Waals surface area contributed by atoms with E-state index in [0.29, 0.717) is 17.4 Å². The van der Waals surface area contributed by atoms with Crippen LogP contribution in [0.15, 0.2) is 78.9 Å². The number of hydrogen-bond acceptors (Lipinski definition) is 1. The first-order valence-corrected chi connectivity index (χ1v) is 11.5. The summed E-state index contributed by atoms with van der Waals surface area (Å²) in [6.45, 7) is 2.38. The zero-order valence-corrected chi connectivity index (χ0v) is 18.4. The molecule has 1 aliphatic rings. The molecule has 0 saturated heterocycles. The summed E-state index contributed by atoms with van der Waals surface area (Å²) >= 11 is 0. The van der Waals surface area contributed by atoms with Crippen molar-refractivity contribution in [1.29, 1.82) is 5.26 Å². The first-order chi connectivity index (χ1) is 15.2. The Morgan fingerprint density at radius 1 is 0.806 bits per heavy atom. The third kappa shape index (κ3) is 5.74. The van der Waals surface area contributed by atoms with Crippen LogP contribution in [-0.2, 0) is 0 Å². The van der Waals surface area contributed by atoms with Gasteiger partial charge in [-0.25, -0.2) is 0 Å². The summed E-state index contributed by atoms with van der Waals surface area (Å²) in [4.78, 5) is 0. The lowest BCUT2D eigenvalue weighted by atomic mass is 9.75. The summed E-state index contributed by atoms with van der Waals surface area (Å²) in [5, 5.41) is 8.90. The fourth-order valence-corrected chi connectivity index (χ4v) is 4.89. The van der Waals surface area contributed by atoms with Crippen LogP contribution >= 0.6 is 0 Å². The van der Waals surface area contributed by atoms with Gasteiger partial charge in [0.15, 0.2) is 0 Å². The topological polar surface area (TPSA) is 23.8 Å². The first kappa shape index (κ1) is 21.1. The molecule has 0 heterocycles. The van der Waals surface area contributed by atoms with Gasteiger partial charge in [-0.1, -0.05) is 85.8 Å². The van der Waals surface area contributed by atoms with Gasteiger partial charge in [-0.2, -0.15) is 5.26 Å². The quantitative estimate of drug-likeness (QED) is 0.379. The fourth-order valence-electron chi connectivity index (χ4n) is 4.89. The van der Waals surface area contributed by atoms with Crippen LogP contribution in [0.4, 0.5) is 0 Å². The Balaban J connectivity index is 1.29.